The molecule has 6 nitrogen and oxygen atoms in total. The van der Waals surface area contributed by atoms with E-state index in [1.54, 1.807) is 48.8 Å². The second-order valence-corrected chi connectivity index (χ2v) is 11.9. The summed E-state index contributed by atoms with van der Waals surface area (Å²) in [5.41, 5.74) is 1.86. The van der Waals surface area contributed by atoms with Gasteiger partial charge in [0.05, 0.1) is 21.6 Å². The number of halogens is 3. The van der Waals surface area contributed by atoms with Crippen LogP contribution in [0.15, 0.2) is 96.2 Å². The molecule has 5 rings (SSSR count). The molecule has 3 aromatic carbocycles. The maximum atomic E-state index is 13.3. The molecule has 0 aliphatic carbocycles. The zero-order chi connectivity index (χ0) is 26.7. The van der Waals surface area contributed by atoms with Gasteiger partial charge in [-0.3, -0.25) is 4.98 Å². The van der Waals surface area contributed by atoms with E-state index in [0.717, 1.165) is 11.3 Å². The molecule has 0 spiro atoms. The van der Waals surface area contributed by atoms with Crippen molar-refractivity contribution in [3.63, 3.8) is 0 Å². The number of ether oxygens (including phenoxy) is 1. The first-order chi connectivity index (χ1) is 18.3. The first-order valence-corrected chi connectivity index (χ1v) is 14.6. The highest BCUT2D eigenvalue weighted by atomic mass is 35.5. The fraction of sp³-hybridized carbons (Fsp3) is 0.179. The minimum atomic E-state index is -3.76. The van der Waals surface area contributed by atoms with E-state index in [1.807, 2.05) is 30.3 Å². The predicted molar refractivity (Wildman–Crippen MR) is 152 cm³/mol. The summed E-state index contributed by atoms with van der Waals surface area (Å²) in [6.45, 7) is 0.598. The zero-order valence-electron chi connectivity index (χ0n) is 20.1. The van der Waals surface area contributed by atoms with Gasteiger partial charge in [0, 0.05) is 35.0 Å². The van der Waals surface area contributed by atoms with Gasteiger partial charge in [-0.1, -0.05) is 46.9 Å². The Morgan fingerprint density at radius 1 is 0.842 bits per heavy atom. The lowest BCUT2D eigenvalue weighted by Gasteiger charge is -2.42. The monoisotopic (exact) mass is 587 g/mol. The molecular formula is C28H24Cl3N3O3S. The highest BCUT2D eigenvalue weighted by Crippen LogP contribution is 2.40. The third kappa shape index (κ3) is 6.25. The van der Waals surface area contributed by atoms with Gasteiger partial charge < -0.3 is 9.64 Å². The smallest absolute Gasteiger partial charge is 0.240 e. The quantitative estimate of drug-likeness (QED) is 0.242. The summed E-state index contributed by atoms with van der Waals surface area (Å²) >= 11 is 18.8. The largest absolute Gasteiger partial charge is 0.457 e. The van der Waals surface area contributed by atoms with Crippen molar-refractivity contribution in [3.05, 3.63) is 112 Å². The van der Waals surface area contributed by atoms with Gasteiger partial charge in [-0.05, 0) is 85.1 Å². The topological polar surface area (TPSA) is 71.5 Å². The van der Waals surface area contributed by atoms with Crippen molar-refractivity contribution in [2.45, 2.75) is 29.8 Å². The molecule has 2 atom stereocenters. The molecule has 0 unspecified atom stereocenters. The SMILES string of the molecule is O=S(=O)(N[C@@H]1CCN(c2ccc(Cl)cc2Cl)[C@H](c2ccc(Cl)cc2)C1)c1ccc(Oc2ccncc2)cc1. The van der Waals surface area contributed by atoms with Crippen molar-refractivity contribution in [2.75, 3.05) is 11.4 Å². The number of pyridine rings is 1. The Balaban J connectivity index is 1.34. The van der Waals surface area contributed by atoms with Crippen molar-refractivity contribution in [2.24, 2.45) is 0 Å². The van der Waals surface area contributed by atoms with Crippen molar-refractivity contribution in [3.8, 4) is 11.5 Å². The van der Waals surface area contributed by atoms with E-state index in [1.165, 1.54) is 12.1 Å². The van der Waals surface area contributed by atoms with Gasteiger partial charge in [0.15, 0.2) is 0 Å². The minimum absolute atomic E-state index is 0.122. The highest BCUT2D eigenvalue weighted by Gasteiger charge is 2.33. The van der Waals surface area contributed by atoms with Crippen LogP contribution in [-0.2, 0) is 10.0 Å². The van der Waals surface area contributed by atoms with Crippen molar-refractivity contribution < 1.29 is 13.2 Å². The van der Waals surface area contributed by atoms with Crippen LogP contribution in [0.1, 0.15) is 24.4 Å². The van der Waals surface area contributed by atoms with Gasteiger partial charge in [-0.15, -0.1) is 0 Å². The summed E-state index contributed by atoms with van der Waals surface area (Å²) in [5.74, 6) is 1.15. The van der Waals surface area contributed by atoms with E-state index >= 15 is 0 Å². The Bertz CT molecular complexity index is 1500. The van der Waals surface area contributed by atoms with Crippen LogP contribution in [0.5, 0.6) is 11.5 Å². The Labute approximate surface area is 237 Å². The van der Waals surface area contributed by atoms with Crippen molar-refractivity contribution in [1.82, 2.24) is 9.71 Å². The molecule has 1 aromatic heterocycles. The molecule has 10 heteroatoms. The standard InChI is InChI=1S/C28H24Cl3N3O3S/c29-20-3-1-19(2-4-20)28-18-22(13-16-34(28)27-10-5-21(30)17-26(27)31)33-38(35,36)25-8-6-23(7-9-25)37-24-11-14-32-15-12-24/h1-12,14-15,17,22,28,33H,13,16,18H2/t22-,28+/m1/s1. The van der Waals surface area contributed by atoms with Crippen LogP contribution in [0.4, 0.5) is 5.69 Å². The summed E-state index contributed by atoms with van der Waals surface area (Å²) in [6.07, 6.45) is 4.40. The maximum Gasteiger partial charge on any atom is 0.240 e. The van der Waals surface area contributed by atoms with Gasteiger partial charge in [0.25, 0.3) is 0 Å². The predicted octanol–water partition coefficient (Wildman–Crippen LogP) is 7.52. The summed E-state index contributed by atoms with van der Waals surface area (Å²) in [7, 11) is -3.76. The fourth-order valence-corrected chi connectivity index (χ4v) is 6.52. The van der Waals surface area contributed by atoms with Gasteiger partial charge in [-0.25, -0.2) is 13.1 Å². The van der Waals surface area contributed by atoms with Gasteiger partial charge >= 0.3 is 0 Å². The lowest BCUT2D eigenvalue weighted by molar-refractivity contribution is 0.395. The third-order valence-corrected chi connectivity index (χ3v) is 8.74. The summed E-state index contributed by atoms with van der Waals surface area (Å²) in [5, 5.41) is 1.74. The van der Waals surface area contributed by atoms with E-state index in [9.17, 15) is 8.42 Å². The third-order valence-electron chi connectivity index (χ3n) is 6.42. The molecule has 4 aromatic rings. The molecule has 196 valence electrons. The lowest BCUT2D eigenvalue weighted by atomic mass is 9.91. The Hall–Kier alpha value is -2.81. The van der Waals surface area contributed by atoms with Crippen LogP contribution in [0, 0.1) is 0 Å². The van der Waals surface area contributed by atoms with E-state index in [0.29, 0.717) is 46.0 Å². The van der Waals surface area contributed by atoms with Crippen LogP contribution >= 0.6 is 34.8 Å². The molecule has 1 aliphatic heterocycles. The van der Waals surface area contributed by atoms with Crippen LogP contribution in [-0.4, -0.2) is 26.0 Å². The van der Waals surface area contributed by atoms with Gasteiger partial charge in [-0.2, -0.15) is 0 Å². The van der Waals surface area contributed by atoms with Gasteiger partial charge in [0.2, 0.25) is 10.0 Å². The molecule has 1 N–H and O–H groups in total. The molecule has 1 saturated heterocycles. The Kier molecular flexibility index (Phi) is 8.12. The molecule has 1 aliphatic rings. The van der Waals surface area contributed by atoms with Gasteiger partial charge in [0.1, 0.15) is 11.5 Å². The number of piperidine rings is 1. The van der Waals surface area contributed by atoms with Crippen molar-refractivity contribution >= 4 is 50.5 Å². The van der Waals surface area contributed by atoms with E-state index in [4.69, 9.17) is 39.5 Å². The number of hydrogen-bond acceptors (Lipinski definition) is 5. The van der Waals surface area contributed by atoms with Crippen LogP contribution in [0.25, 0.3) is 0 Å². The number of hydrogen-bond donors (Lipinski definition) is 1. The first-order valence-electron chi connectivity index (χ1n) is 12.0. The normalized spacial score (nSPS) is 17.8. The Morgan fingerprint density at radius 2 is 1.50 bits per heavy atom. The number of aromatic nitrogens is 1. The summed E-state index contributed by atoms with van der Waals surface area (Å²) in [4.78, 5) is 6.32. The average Bonchev–Trinajstić information content (AvgIpc) is 2.90. The fourth-order valence-electron chi connectivity index (χ4n) is 4.59. The molecule has 0 saturated carbocycles. The average molecular weight is 589 g/mol. The molecule has 0 bridgehead atoms. The molecule has 1 fully saturated rings. The molecule has 38 heavy (non-hydrogen) atoms. The second kappa shape index (κ2) is 11.5. The lowest BCUT2D eigenvalue weighted by Crippen LogP contribution is -2.46. The van der Waals surface area contributed by atoms with Crippen LogP contribution < -0.4 is 14.4 Å². The second-order valence-electron chi connectivity index (χ2n) is 8.96. The van der Waals surface area contributed by atoms with Crippen LogP contribution in [0.3, 0.4) is 0 Å². The van der Waals surface area contributed by atoms with Crippen molar-refractivity contribution in [1.29, 1.82) is 0 Å². The number of anilines is 1. The number of benzene rings is 3. The van der Waals surface area contributed by atoms with Crippen LogP contribution in [0.2, 0.25) is 15.1 Å². The Morgan fingerprint density at radius 3 is 2.18 bits per heavy atom. The summed E-state index contributed by atoms with van der Waals surface area (Å²) in [6, 6.07) is 22.4. The summed E-state index contributed by atoms with van der Waals surface area (Å²) < 4.78 is 35.2. The van der Waals surface area contributed by atoms with E-state index in [-0.39, 0.29) is 17.0 Å². The maximum absolute atomic E-state index is 13.3. The number of nitrogens with one attached hydrogen (secondary N) is 1. The number of nitrogens with zero attached hydrogens (tertiary/aromatic N) is 2. The zero-order valence-corrected chi connectivity index (χ0v) is 23.2. The molecular weight excluding hydrogens is 565 g/mol. The molecule has 0 radical (unpaired) electrons. The number of rotatable bonds is 7. The van der Waals surface area contributed by atoms with E-state index < -0.39 is 10.0 Å². The van der Waals surface area contributed by atoms with E-state index in [2.05, 4.69) is 14.6 Å². The molecule has 0 amide bonds. The number of sulfonamides is 1. The first kappa shape index (κ1) is 26.8. The minimum Gasteiger partial charge on any atom is -0.457 e. The molecule has 2 heterocycles. The highest BCUT2D eigenvalue weighted by molar-refractivity contribution is 7.89.